The van der Waals surface area contributed by atoms with Gasteiger partial charge in [-0.15, -0.1) is 0 Å². The molecule has 0 saturated carbocycles. The third kappa shape index (κ3) is 3.99. The second kappa shape index (κ2) is 6.15. The summed E-state index contributed by atoms with van der Waals surface area (Å²) in [5.74, 6) is -2.64. The summed E-state index contributed by atoms with van der Waals surface area (Å²) < 4.78 is 23.7. The van der Waals surface area contributed by atoms with Gasteiger partial charge in [0.05, 0.1) is 12.7 Å². The van der Waals surface area contributed by atoms with Crippen LogP contribution in [-0.2, 0) is 4.74 Å². The molecule has 1 heterocycles. The molecule has 1 rings (SSSR count). The molecule has 5 nitrogen and oxygen atoms in total. The molecule has 17 heavy (non-hydrogen) atoms. The normalized spacial score (nSPS) is 10.6. The Kier molecular flexibility index (Phi) is 4.84. The van der Waals surface area contributed by atoms with Crippen molar-refractivity contribution in [1.29, 1.82) is 0 Å². The van der Waals surface area contributed by atoms with E-state index in [9.17, 15) is 9.18 Å². The molecule has 0 atom stereocenters. The van der Waals surface area contributed by atoms with E-state index in [0.29, 0.717) is 0 Å². The molecule has 0 aliphatic heterocycles. The van der Waals surface area contributed by atoms with Crippen molar-refractivity contribution in [3.8, 4) is 5.88 Å². The van der Waals surface area contributed by atoms with Gasteiger partial charge in [-0.1, -0.05) is 0 Å². The average molecular weight is 243 g/mol. The van der Waals surface area contributed by atoms with Crippen LogP contribution in [0.15, 0.2) is 12.3 Å². The van der Waals surface area contributed by atoms with Crippen molar-refractivity contribution in [2.75, 3.05) is 13.2 Å². The lowest BCUT2D eigenvalue weighted by atomic mass is 10.2. The maximum Gasteiger partial charge on any atom is 0.338 e. The van der Waals surface area contributed by atoms with Crippen LogP contribution in [0.25, 0.3) is 0 Å². The quantitative estimate of drug-likeness (QED) is 0.770. The fourth-order valence-corrected chi connectivity index (χ4v) is 1.11. The molecule has 0 radical (unpaired) electrons. The first-order valence-electron chi connectivity index (χ1n) is 5.14. The number of carboxylic acids is 1. The van der Waals surface area contributed by atoms with Crippen LogP contribution in [0.4, 0.5) is 4.39 Å². The largest absolute Gasteiger partial charge is 0.478 e. The van der Waals surface area contributed by atoms with E-state index in [1.165, 1.54) is 6.20 Å². The molecule has 0 saturated heterocycles. The summed E-state index contributed by atoms with van der Waals surface area (Å²) in [6.07, 6.45) is 1.24. The summed E-state index contributed by atoms with van der Waals surface area (Å²) in [6, 6.07) is 1.08. The lowest BCUT2D eigenvalue weighted by molar-refractivity contribution is 0.0531. The summed E-state index contributed by atoms with van der Waals surface area (Å²) >= 11 is 0. The molecule has 94 valence electrons. The number of hydrogen-bond donors (Lipinski definition) is 1. The standard InChI is InChI=1S/C11H14FNO4/c1-7(2)16-5-6-17-10-9(12)8(11(14)15)3-4-13-10/h3-4,7H,5-6H2,1-2H3,(H,14,15). The highest BCUT2D eigenvalue weighted by Gasteiger charge is 2.15. The van der Waals surface area contributed by atoms with E-state index < -0.39 is 17.3 Å². The summed E-state index contributed by atoms with van der Waals surface area (Å²) in [4.78, 5) is 14.3. The number of rotatable bonds is 6. The van der Waals surface area contributed by atoms with Crippen molar-refractivity contribution in [1.82, 2.24) is 4.98 Å². The van der Waals surface area contributed by atoms with Gasteiger partial charge in [0.2, 0.25) is 0 Å². The number of carboxylic acid groups (broad SMARTS) is 1. The van der Waals surface area contributed by atoms with E-state index in [4.69, 9.17) is 14.6 Å². The minimum atomic E-state index is -1.35. The topological polar surface area (TPSA) is 68.7 Å². The van der Waals surface area contributed by atoms with Gasteiger partial charge in [0.25, 0.3) is 5.88 Å². The van der Waals surface area contributed by atoms with Crippen LogP contribution in [0, 0.1) is 5.82 Å². The predicted molar refractivity (Wildman–Crippen MR) is 57.7 cm³/mol. The molecule has 0 unspecified atom stereocenters. The lowest BCUT2D eigenvalue weighted by Crippen LogP contribution is -2.13. The molecular weight excluding hydrogens is 229 g/mol. The molecule has 1 aromatic heterocycles. The number of hydrogen-bond acceptors (Lipinski definition) is 4. The molecule has 0 aliphatic rings. The Balaban J connectivity index is 2.59. The van der Waals surface area contributed by atoms with Crippen LogP contribution in [0.3, 0.4) is 0 Å². The van der Waals surface area contributed by atoms with Crippen molar-refractivity contribution in [2.24, 2.45) is 0 Å². The highest BCUT2D eigenvalue weighted by Crippen LogP contribution is 2.17. The molecule has 0 aliphatic carbocycles. The second-order valence-electron chi connectivity index (χ2n) is 3.55. The van der Waals surface area contributed by atoms with Crippen molar-refractivity contribution in [2.45, 2.75) is 20.0 Å². The molecule has 1 N–H and O–H groups in total. The van der Waals surface area contributed by atoms with Gasteiger partial charge in [0.15, 0.2) is 5.82 Å². The zero-order valence-corrected chi connectivity index (χ0v) is 9.64. The number of ether oxygens (including phenoxy) is 2. The van der Waals surface area contributed by atoms with Crippen LogP contribution in [0.1, 0.15) is 24.2 Å². The second-order valence-corrected chi connectivity index (χ2v) is 3.55. The first-order chi connectivity index (χ1) is 8.02. The lowest BCUT2D eigenvalue weighted by Gasteiger charge is -2.09. The predicted octanol–water partition coefficient (Wildman–Crippen LogP) is 1.72. The number of nitrogens with zero attached hydrogens (tertiary/aromatic N) is 1. The number of aromatic nitrogens is 1. The van der Waals surface area contributed by atoms with E-state index in [1.54, 1.807) is 0 Å². The average Bonchev–Trinajstić information content (AvgIpc) is 2.25. The molecule has 1 aromatic rings. The van der Waals surface area contributed by atoms with Gasteiger partial charge in [0, 0.05) is 6.20 Å². The summed E-state index contributed by atoms with van der Waals surface area (Å²) in [5, 5.41) is 8.69. The Bertz CT molecular complexity index is 395. The van der Waals surface area contributed by atoms with Gasteiger partial charge in [-0.25, -0.2) is 14.2 Å². The van der Waals surface area contributed by atoms with E-state index >= 15 is 0 Å². The van der Waals surface area contributed by atoms with Gasteiger partial charge in [-0.3, -0.25) is 0 Å². The van der Waals surface area contributed by atoms with Crippen molar-refractivity contribution >= 4 is 5.97 Å². The Morgan fingerprint density at radius 2 is 2.24 bits per heavy atom. The van der Waals surface area contributed by atoms with Crippen molar-refractivity contribution < 1.29 is 23.8 Å². The van der Waals surface area contributed by atoms with Gasteiger partial charge in [0.1, 0.15) is 12.2 Å². The summed E-state index contributed by atoms with van der Waals surface area (Å²) in [5.41, 5.74) is -0.459. The fourth-order valence-electron chi connectivity index (χ4n) is 1.11. The Morgan fingerprint density at radius 3 is 2.82 bits per heavy atom. The monoisotopic (exact) mass is 243 g/mol. The van der Waals surface area contributed by atoms with Crippen LogP contribution >= 0.6 is 0 Å². The molecule has 0 aromatic carbocycles. The number of halogens is 1. The third-order valence-electron chi connectivity index (χ3n) is 1.86. The zero-order valence-electron chi connectivity index (χ0n) is 9.64. The van der Waals surface area contributed by atoms with Crippen LogP contribution < -0.4 is 4.74 Å². The first kappa shape index (κ1) is 13.4. The van der Waals surface area contributed by atoms with Crippen molar-refractivity contribution in [3.63, 3.8) is 0 Å². The number of carbonyl (C=O) groups is 1. The van der Waals surface area contributed by atoms with Crippen molar-refractivity contribution in [3.05, 3.63) is 23.6 Å². The molecule has 0 spiro atoms. The molecule has 0 bridgehead atoms. The molecule has 0 fully saturated rings. The number of pyridine rings is 1. The Morgan fingerprint density at radius 1 is 1.53 bits per heavy atom. The highest BCUT2D eigenvalue weighted by atomic mass is 19.1. The van der Waals surface area contributed by atoms with Gasteiger partial charge < -0.3 is 14.6 Å². The molecule has 6 heteroatoms. The summed E-state index contributed by atoms with van der Waals surface area (Å²) in [7, 11) is 0. The maximum atomic E-state index is 13.5. The van der Waals surface area contributed by atoms with E-state index in [2.05, 4.69) is 4.98 Å². The van der Waals surface area contributed by atoms with E-state index in [0.717, 1.165) is 6.07 Å². The maximum absolute atomic E-state index is 13.5. The van der Waals surface area contributed by atoms with Gasteiger partial charge >= 0.3 is 5.97 Å². The van der Waals surface area contributed by atoms with E-state index in [-0.39, 0.29) is 25.2 Å². The summed E-state index contributed by atoms with van der Waals surface area (Å²) in [6.45, 7) is 4.13. The minimum absolute atomic E-state index is 0.0572. The van der Waals surface area contributed by atoms with Gasteiger partial charge in [-0.05, 0) is 19.9 Å². The first-order valence-corrected chi connectivity index (χ1v) is 5.14. The highest BCUT2D eigenvalue weighted by molar-refractivity contribution is 5.88. The zero-order chi connectivity index (χ0) is 12.8. The fraction of sp³-hybridized carbons (Fsp3) is 0.455. The van der Waals surface area contributed by atoms with Crippen LogP contribution in [0.5, 0.6) is 5.88 Å². The van der Waals surface area contributed by atoms with E-state index in [1.807, 2.05) is 13.8 Å². The minimum Gasteiger partial charge on any atom is -0.478 e. The third-order valence-corrected chi connectivity index (χ3v) is 1.86. The molecule has 0 amide bonds. The number of aromatic carboxylic acids is 1. The Labute approximate surface area is 98.2 Å². The van der Waals surface area contributed by atoms with Crippen LogP contribution in [-0.4, -0.2) is 35.4 Å². The molecular formula is C11H14FNO4. The van der Waals surface area contributed by atoms with Crippen LogP contribution in [0.2, 0.25) is 0 Å². The SMILES string of the molecule is CC(C)OCCOc1nccc(C(=O)O)c1F. The Hall–Kier alpha value is -1.69. The van der Waals surface area contributed by atoms with Gasteiger partial charge in [-0.2, -0.15) is 0 Å². The smallest absolute Gasteiger partial charge is 0.338 e.